The van der Waals surface area contributed by atoms with Crippen molar-refractivity contribution in [3.8, 4) is 5.75 Å². The smallest absolute Gasteiger partial charge is 0.163 e. The molecule has 1 aliphatic carbocycles. The molecule has 0 aliphatic heterocycles. The number of hydrogen-bond acceptors (Lipinski definition) is 2. The Morgan fingerprint density at radius 3 is 3.06 bits per heavy atom. The van der Waals surface area contributed by atoms with Gasteiger partial charge in [0.1, 0.15) is 5.75 Å². The first-order chi connectivity index (χ1) is 8.31. The van der Waals surface area contributed by atoms with Gasteiger partial charge < -0.3 is 4.74 Å². The minimum Gasteiger partial charge on any atom is -0.494 e. The molecule has 0 unspecified atom stereocenters. The van der Waals surface area contributed by atoms with Crippen LogP contribution < -0.4 is 4.74 Å². The molecular weight excluding hydrogens is 212 g/mol. The van der Waals surface area contributed by atoms with Crippen LogP contribution in [0.1, 0.15) is 41.6 Å². The first-order valence-electron chi connectivity index (χ1n) is 6.21. The Morgan fingerprint density at radius 2 is 2.24 bits per heavy atom. The van der Waals surface area contributed by atoms with Crippen LogP contribution in [0, 0.1) is 0 Å². The van der Waals surface area contributed by atoms with Crippen molar-refractivity contribution in [3.05, 3.63) is 42.0 Å². The molecule has 0 saturated carbocycles. The van der Waals surface area contributed by atoms with E-state index in [0.717, 1.165) is 42.6 Å². The summed E-state index contributed by atoms with van der Waals surface area (Å²) in [7, 11) is 0. The van der Waals surface area contributed by atoms with E-state index in [0.29, 0.717) is 13.0 Å². The summed E-state index contributed by atoms with van der Waals surface area (Å²) in [6.07, 6.45) is 6.50. The second-order valence-corrected chi connectivity index (χ2v) is 4.38. The van der Waals surface area contributed by atoms with Gasteiger partial charge in [0, 0.05) is 12.0 Å². The Kier molecular flexibility index (Phi) is 3.97. The van der Waals surface area contributed by atoms with E-state index < -0.39 is 0 Å². The van der Waals surface area contributed by atoms with Crippen LogP contribution in [0.4, 0.5) is 0 Å². The highest BCUT2D eigenvalue weighted by molar-refractivity contribution is 5.98. The summed E-state index contributed by atoms with van der Waals surface area (Å²) in [5.41, 5.74) is 2.03. The zero-order valence-corrected chi connectivity index (χ0v) is 10.1. The first-order valence-corrected chi connectivity index (χ1v) is 6.21. The van der Waals surface area contributed by atoms with Gasteiger partial charge in [-0.05, 0) is 49.4 Å². The fourth-order valence-corrected chi connectivity index (χ4v) is 2.13. The van der Waals surface area contributed by atoms with E-state index >= 15 is 0 Å². The van der Waals surface area contributed by atoms with Gasteiger partial charge in [0.15, 0.2) is 5.78 Å². The normalized spacial score (nSPS) is 14.2. The van der Waals surface area contributed by atoms with Gasteiger partial charge in [-0.1, -0.05) is 6.08 Å². The maximum atomic E-state index is 11.6. The lowest BCUT2D eigenvalue weighted by molar-refractivity contribution is 0.0972. The van der Waals surface area contributed by atoms with E-state index in [4.69, 9.17) is 4.74 Å². The summed E-state index contributed by atoms with van der Waals surface area (Å²) in [6.45, 7) is 4.39. The van der Waals surface area contributed by atoms with Crippen LogP contribution in [-0.2, 0) is 6.42 Å². The number of fused-ring (bicyclic) bond motifs is 1. The Labute approximate surface area is 102 Å². The zero-order valence-electron chi connectivity index (χ0n) is 10.1. The lowest BCUT2D eigenvalue weighted by Gasteiger charge is -2.15. The second kappa shape index (κ2) is 5.67. The van der Waals surface area contributed by atoms with Crippen LogP contribution >= 0.6 is 0 Å². The molecule has 90 valence electrons. The van der Waals surface area contributed by atoms with Gasteiger partial charge in [-0.3, -0.25) is 4.79 Å². The van der Waals surface area contributed by atoms with Crippen LogP contribution in [0.3, 0.4) is 0 Å². The SMILES string of the molecule is C=CCCCOc1ccc2c(c1)CCCC2=O. The number of Topliss-reactive ketones (excluding diaryl/α,β-unsaturated/α-hetero) is 1. The molecule has 2 rings (SSSR count). The summed E-state index contributed by atoms with van der Waals surface area (Å²) in [5.74, 6) is 1.15. The number of rotatable bonds is 5. The Morgan fingerprint density at radius 1 is 1.35 bits per heavy atom. The largest absolute Gasteiger partial charge is 0.494 e. The molecule has 0 radical (unpaired) electrons. The Balaban J connectivity index is 2.00. The third-order valence-electron chi connectivity index (χ3n) is 3.05. The van der Waals surface area contributed by atoms with Crippen LogP contribution in [0.25, 0.3) is 0 Å². The van der Waals surface area contributed by atoms with E-state index in [1.165, 1.54) is 0 Å². The van der Waals surface area contributed by atoms with Crippen LogP contribution in [-0.4, -0.2) is 12.4 Å². The number of ether oxygens (including phenoxy) is 1. The molecule has 0 fully saturated rings. The molecule has 0 atom stereocenters. The van der Waals surface area contributed by atoms with Crippen molar-refractivity contribution >= 4 is 5.78 Å². The molecule has 0 spiro atoms. The summed E-state index contributed by atoms with van der Waals surface area (Å²) in [5, 5.41) is 0. The predicted molar refractivity (Wildman–Crippen MR) is 68.6 cm³/mol. The standard InChI is InChI=1S/C15H18O2/c1-2-3-4-10-17-13-8-9-14-12(11-13)6-5-7-15(14)16/h2,8-9,11H,1,3-7,10H2. The van der Waals surface area contributed by atoms with E-state index in [-0.39, 0.29) is 5.78 Å². The van der Waals surface area contributed by atoms with Crippen molar-refractivity contribution in [2.75, 3.05) is 6.61 Å². The predicted octanol–water partition coefficient (Wildman–Crippen LogP) is 3.55. The highest BCUT2D eigenvalue weighted by Gasteiger charge is 2.17. The van der Waals surface area contributed by atoms with Crippen molar-refractivity contribution in [1.82, 2.24) is 0 Å². The first kappa shape index (κ1) is 11.9. The molecule has 0 saturated heterocycles. The van der Waals surface area contributed by atoms with E-state index in [2.05, 4.69) is 6.58 Å². The second-order valence-electron chi connectivity index (χ2n) is 4.38. The van der Waals surface area contributed by atoms with Crippen molar-refractivity contribution in [3.63, 3.8) is 0 Å². The number of allylic oxidation sites excluding steroid dienone is 1. The topological polar surface area (TPSA) is 26.3 Å². The zero-order chi connectivity index (χ0) is 12.1. The number of ketones is 1. The average Bonchev–Trinajstić information content (AvgIpc) is 2.35. The molecule has 2 nitrogen and oxygen atoms in total. The van der Waals surface area contributed by atoms with Gasteiger partial charge >= 0.3 is 0 Å². The number of carbonyl (C=O) groups is 1. The maximum Gasteiger partial charge on any atom is 0.163 e. The summed E-state index contributed by atoms with van der Waals surface area (Å²) < 4.78 is 5.65. The minimum atomic E-state index is 0.268. The highest BCUT2D eigenvalue weighted by atomic mass is 16.5. The Bertz CT molecular complexity index is 421. The van der Waals surface area contributed by atoms with Gasteiger partial charge in [0.25, 0.3) is 0 Å². The van der Waals surface area contributed by atoms with Crippen LogP contribution in [0.5, 0.6) is 5.75 Å². The Hall–Kier alpha value is -1.57. The molecule has 2 heteroatoms. The molecule has 0 amide bonds. The van der Waals surface area contributed by atoms with Gasteiger partial charge in [-0.25, -0.2) is 0 Å². The summed E-state index contributed by atoms with van der Waals surface area (Å²) in [4.78, 5) is 11.6. The lowest BCUT2D eigenvalue weighted by atomic mass is 9.90. The molecule has 0 aromatic heterocycles. The number of carbonyl (C=O) groups excluding carboxylic acids is 1. The number of unbranched alkanes of at least 4 members (excludes halogenated alkanes) is 1. The quantitative estimate of drug-likeness (QED) is 0.571. The molecule has 1 aromatic carbocycles. The molecule has 1 aromatic rings. The number of benzene rings is 1. The molecule has 1 aliphatic rings. The average molecular weight is 230 g/mol. The van der Waals surface area contributed by atoms with Gasteiger partial charge in [-0.15, -0.1) is 6.58 Å². The highest BCUT2D eigenvalue weighted by Crippen LogP contribution is 2.25. The molecule has 0 heterocycles. The maximum absolute atomic E-state index is 11.6. The van der Waals surface area contributed by atoms with Crippen molar-refractivity contribution in [2.24, 2.45) is 0 Å². The third kappa shape index (κ3) is 2.96. The fraction of sp³-hybridized carbons (Fsp3) is 0.400. The number of aryl methyl sites for hydroxylation is 1. The summed E-state index contributed by atoms with van der Waals surface area (Å²) >= 11 is 0. The van der Waals surface area contributed by atoms with Crippen molar-refractivity contribution in [2.45, 2.75) is 32.1 Å². The van der Waals surface area contributed by atoms with Crippen molar-refractivity contribution in [1.29, 1.82) is 0 Å². The van der Waals surface area contributed by atoms with Crippen LogP contribution in [0.15, 0.2) is 30.9 Å². The summed E-state index contributed by atoms with van der Waals surface area (Å²) in [6, 6.07) is 5.82. The van der Waals surface area contributed by atoms with Crippen molar-refractivity contribution < 1.29 is 9.53 Å². The fourth-order valence-electron chi connectivity index (χ4n) is 2.13. The van der Waals surface area contributed by atoms with E-state index in [1.54, 1.807) is 0 Å². The molecule has 0 N–H and O–H groups in total. The molecular formula is C15H18O2. The number of hydrogen-bond donors (Lipinski definition) is 0. The van der Waals surface area contributed by atoms with E-state index in [1.807, 2.05) is 24.3 Å². The van der Waals surface area contributed by atoms with Gasteiger partial charge in [0.05, 0.1) is 6.61 Å². The van der Waals surface area contributed by atoms with Gasteiger partial charge in [-0.2, -0.15) is 0 Å². The third-order valence-corrected chi connectivity index (χ3v) is 3.05. The minimum absolute atomic E-state index is 0.268. The van der Waals surface area contributed by atoms with Gasteiger partial charge in [0.2, 0.25) is 0 Å². The molecule has 17 heavy (non-hydrogen) atoms. The lowest BCUT2D eigenvalue weighted by Crippen LogP contribution is -2.10. The van der Waals surface area contributed by atoms with Crippen LogP contribution in [0.2, 0.25) is 0 Å². The monoisotopic (exact) mass is 230 g/mol. The molecule has 0 bridgehead atoms. The van der Waals surface area contributed by atoms with E-state index in [9.17, 15) is 4.79 Å².